The smallest absolute Gasteiger partial charge is 0.335 e. The Kier molecular flexibility index (Phi) is 47.6. The van der Waals surface area contributed by atoms with Crippen molar-refractivity contribution < 1.29 is 58.2 Å². The second-order valence-corrected chi connectivity index (χ2v) is 19.9. The van der Waals surface area contributed by atoms with Crippen molar-refractivity contribution in [1.29, 1.82) is 0 Å². The molecule has 0 saturated carbocycles. The molecule has 436 valence electrons. The third-order valence-electron chi connectivity index (χ3n) is 12.8. The van der Waals surface area contributed by atoms with Crippen LogP contribution in [0, 0.1) is 0 Å². The lowest BCUT2D eigenvalue weighted by atomic mass is 9.98. The Morgan fingerprint density at radius 1 is 0.442 bits per heavy atom. The molecule has 12 heteroatoms. The van der Waals surface area contributed by atoms with E-state index in [9.17, 15) is 34.5 Å². The molecule has 0 radical (unpaired) electrons. The maximum Gasteiger partial charge on any atom is 0.335 e. The molecule has 3 N–H and O–H groups in total. The van der Waals surface area contributed by atoms with Crippen molar-refractivity contribution >= 4 is 23.9 Å². The zero-order valence-electron chi connectivity index (χ0n) is 47.9. The van der Waals surface area contributed by atoms with Crippen LogP contribution in [0.1, 0.15) is 226 Å². The van der Waals surface area contributed by atoms with Crippen molar-refractivity contribution in [3.05, 3.63) is 109 Å². The fourth-order valence-electron chi connectivity index (χ4n) is 8.31. The first-order valence-electron chi connectivity index (χ1n) is 29.9. The van der Waals surface area contributed by atoms with Gasteiger partial charge < -0.3 is 39.0 Å². The lowest BCUT2D eigenvalue weighted by Gasteiger charge is -2.40. The van der Waals surface area contributed by atoms with E-state index in [1.165, 1.54) is 51.4 Å². The molecule has 1 saturated heterocycles. The Morgan fingerprint density at radius 3 is 1.30 bits per heavy atom. The van der Waals surface area contributed by atoms with Gasteiger partial charge in [-0.25, -0.2) is 4.79 Å². The molecule has 6 unspecified atom stereocenters. The highest BCUT2D eigenvalue weighted by Crippen LogP contribution is 2.26. The van der Waals surface area contributed by atoms with Gasteiger partial charge in [-0.2, -0.15) is 0 Å². The van der Waals surface area contributed by atoms with Crippen molar-refractivity contribution in [3.8, 4) is 0 Å². The maximum atomic E-state index is 13.1. The van der Waals surface area contributed by atoms with Crippen LogP contribution in [0.5, 0.6) is 0 Å². The molecule has 0 aromatic carbocycles. The number of aliphatic carboxylic acids is 1. The fourth-order valence-corrected chi connectivity index (χ4v) is 8.31. The normalized spacial score (nSPS) is 18.8. The van der Waals surface area contributed by atoms with Crippen LogP contribution in [-0.4, -0.2) is 89.2 Å². The van der Waals surface area contributed by atoms with E-state index in [2.05, 4.69) is 118 Å². The highest BCUT2D eigenvalue weighted by Gasteiger charge is 2.50. The van der Waals surface area contributed by atoms with Crippen molar-refractivity contribution in [2.24, 2.45) is 0 Å². The molecule has 6 atom stereocenters. The maximum absolute atomic E-state index is 13.1. The molecule has 0 aromatic rings. The van der Waals surface area contributed by atoms with Gasteiger partial charge in [0.2, 0.25) is 0 Å². The summed E-state index contributed by atoms with van der Waals surface area (Å²) in [6.07, 6.45) is 57.9. The molecule has 1 fully saturated rings. The molecule has 12 nitrogen and oxygen atoms in total. The van der Waals surface area contributed by atoms with E-state index in [0.717, 1.165) is 109 Å². The molecule has 1 rings (SSSR count). The summed E-state index contributed by atoms with van der Waals surface area (Å²) in [5.74, 6) is -3.27. The Bertz CT molecular complexity index is 1750. The third kappa shape index (κ3) is 42.1. The number of carbonyl (C=O) groups excluding carboxylic acids is 3. The van der Waals surface area contributed by atoms with Crippen LogP contribution < -0.4 is 0 Å². The van der Waals surface area contributed by atoms with Crippen LogP contribution in [0.2, 0.25) is 0 Å². The number of rotatable bonds is 49. The lowest BCUT2D eigenvalue weighted by Crippen LogP contribution is -2.61. The second-order valence-electron chi connectivity index (χ2n) is 19.9. The number of aliphatic hydroxyl groups is 2. The van der Waals surface area contributed by atoms with Gasteiger partial charge in [-0.05, 0) is 109 Å². The first-order valence-corrected chi connectivity index (χ1v) is 29.9. The summed E-state index contributed by atoms with van der Waals surface area (Å²) < 4.78 is 28.3. The van der Waals surface area contributed by atoms with Crippen LogP contribution >= 0.6 is 0 Å². The summed E-state index contributed by atoms with van der Waals surface area (Å²) in [7, 11) is 0. The molecular weight excluding hydrogens is 973 g/mol. The number of ether oxygens (including phenoxy) is 5. The topological polar surface area (TPSA) is 175 Å². The van der Waals surface area contributed by atoms with Gasteiger partial charge in [0, 0.05) is 19.3 Å². The molecular formula is C65H104O12. The highest BCUT2D eigenvalue weighted by molar-refractivity contribution is 5.74. The molecule has 0 bridgehead atoms. The number of allylic oxidation sites excluding steroid dienone is 18. The standard InChI is InChI=1S/C65H104O12/c1-4-7-10-13-16-19-22-25-27-28-29-30-32-35-38-41-44-47-50-53-59(68)76-63-61(70)60(69)62(64(71)72)77-65(63)74-55-56(75-58(67)52-49-46-43-40-37-33-24-21-18-15-12-9-6-3)54-73-57(66)51-48-45-42-39-36-34-31-26-23-20-17-14-11-8-5-2/h8-9,11-12,16-21,25-27,31,33,37,43,46,56,60-63,65,69-70H,4-7,10,13-15,22-24,28-30,32,34-36,38-42,44-45,47-55H2,1-3H3,(H,71,72)/b11-8-,12-9-,19-16-,20-17-,21-18-,27-25-,31-26-,37-33-,46-43-. The molecule has 1 aliphatic heterocycles. The summed E-state index contributed by atoms with van der Waals surface area (Å²) in [4.78, 5) is 51.1. The van der Waals surface area contributed by atoms with Crippen molar-refractivity contribution in [1.82, 2.24) is 0 Å². The minimum atomic E-state index is -1.92. The first kappa shape index (κ1) is 70.4. The number of hydrogen-bond donors (Lipinski definition) is 3. The van der Waals surface area contributed by atoms with Gasteiger partial charge in [0.1, 0.15) is 18.8 Å². The third-order valence-corrected chi connectivity index (χ3v) is 12.8. The number of esters is 3. The van der Waals surface area contributed by atoms with E-state index in [1.807, 2.05) is 12.2 Å². The van der Waals surface area contributed by atoms with Crippen molar-refractivity contribution in [3.63, 3.8) is 0 Å². The van der Waals surface area contributed by atoms with Crippen LogP contribution in [0.3, 0.4) is 0 Å². The van der Waals surface area contributed by atoms with Crippen LogP contribution in [0.15, 0.2) is 109 Å². The van der Waals surface area contributed by atoms with Gasteiger partial charge in [0.15, 0.2) is 24.6 Å². The predicted octanol–water partition coefficient (Wildman–Crippen LogP) is 15.4. The Labute approximate surface area is 465 Å². The van der Waals surface area contributed by atoms with E-state index in [0.29, 0.717) is 25.7 Å². The number of carboxylic acid groups (broad SMARTS) is 1. The summed E-state index contributed by atoms with van der Waals surface area (Å²) in [6, 6.07) is 0. The van der Waals surface area contributed by atoms with Gasteiger partial charge in [-0.1, -0.05) is 207 Å². The quantitative estimate of drug-likeness (QED) is 0.0228. The van der Waals surface area contributed by atoms with Gasteiger partial charge in [0.05, 0.1) is 6.61 Å². The number of hydrogen-bond acceptors (Lipinski definition) is 11. The number of carbonyl (C=O) groups is 4. The van der Waals surface area contributed by atoms with E-state index in [4.69, 9.17) is 23.7 Å². The van der Waals surface area contributed by atoms with Gasteiger partial charge in [-0.3, -0.25) is 14.4 Å². The number of unbranched alkanes of at least 4 members (excludes halogenated alkanes) is 17. The zero-order valence-corrected chi connectivity index (χ0v) is 47.9. The number of carboxylic acids is 1. The van der Waals surface area contributed by atoms with Crippen molar-refractivity contribution in [2.75, 3.05) is 13.2 Å². The summed E-state index contributed by atoms with van der Waals surface area (Å²) in [5, 5.41) is 31.5. The molecule has 1 aliphatic rings. The van der Waals surface area contributed by atoms with Crippen LogP contribution in [0.4, 0.5) is 0 Å². The summed E-state index contributed by atoms with van der Waals surface area (Å²) in [5.41, 5.74) is 0. The van der Waals surface area contributed by atoms with E-state index < -0.39 is 67.3 Å². The second kappa shape index (κ2) is 52.1. The lowest BCUT2D eigenvalue weighted by molar-refractivity contribution is -0.301. The van der Waals surface area contributed by atoms with Crippen LogP contribution in [-0.2, 0) is 42.9 Å². The van der Waals surface area contributed by atoms with Gasteiger partial charge in [-0.15, -0.1) is 0 Å². The first-order chi connectivity index (χ1) is 37.6. The Balaban J connectivity index is 2.71. The van der Waals surface area contributed by atoms with E-state index in [1.54, 1.807) is 0 Å². The average molecular weight is 1080 g/mol. The highest BCUT2D eigenvalue weighted by atomic mass is 16.7. The van der Waals surface area contributed by atoms with Gasteiger partial charge in [0.25, 0.3) is 0 Å². The molecule has 0 spiro atoms. The molecule has 0 amide bonds. The van der Waals surface area contributed by atoms with Gasteiger partial charge >= 0.3 is 23.9 Å². The monoisotopic (exact) mass is 1080 g/mol. The predicted molar refractivity (Wildman–Crippen MR) is 312 cm³/mol. The van der Waals surface area contributed by atoms with Crippen LogP contribution in [0.25, 0.3) is 0 Å². The Morgan fingerprint density at radius 2 is 0.844 bits per heavy atom. The average Bonchev–Trinajstić information content (AvgIpc) is 3.42. The van der Waals surface area contributed by atoms with E-state index >= 15 is 0 Å². The minimum Gasteiger partial charge on any atom is -0.479 e. The molecule has 0 aliphatic carbocycles. The SMILES string of the molecule is CC/C=C\C/C=C\C/C=C\C/C=C\CCC(=O)OC(COC(=O)CCCCCCC/C=C\C/C=C\C/C=C\CC)COC1OC(C(=O)O)C(O)C(O)C1OC(=O)CCCCCCCCCCC/C=C\C/C=C\CCCCC. The minimum absolute atomic E-state index is 0.0323. The number of aliphatic hydroxyl groups excluding tert-OH is 2. The molecule has 77 heavy (non-hydrogen) atoms. The fraction of sp³-hybridized carbons (Fsp3) is 0.662. The summed E-state index contributed by atoms with van der Waals surface area (Å²) >= 11 is 0. The Hall–Kier alpha value is -4.62. The van der Waals surface area contributed by atoms with Crippen molar-refractivity contribution in [2.45, 2.75) is 263 Å². The van der Waals surface area contributed by atoms with E-state index in [-0.39, 0.29) is 25.9 Å². The largest absolute Gasteiger partial charge is 0.479 e. The molecule has 1 heterocycles. The molecule has 0 aromatic heterocycles. The summed E-state index contributed by atoms with van der Waals surface area (Å²) in [6.45, 7) is 5.66. The zero-order chi connectivity index (χ0) is 56.1.